The molecule has 0 spiro atoms. The summed E-state index contributed by atoms with van der Waals surface area (Å²) in [6, 6.07) is 4.58. The van der Waals surface area contributed by atoms with Crippen LogP contribution in [-0.4, -0.2) is 36.5 Å². The van der Waals surface area contributed by atoms with Crippen LogP contribution in [0.1, 0.15) is 43.0 Å². The number of amides is 1. The van der Waals surface area contributed by atoms with Gasteiger partial charge in [-0.3, -0.25) is 4.79 Å². The van der Waals surface area contributed by atoms with Crippen molar-refractivity contribution in [3.05, 3.63) is 34.1 Å². The van der Waals surface area contributed by atoms with Gasteiger partial charge in [0.15, 0.2) is 0 Å². The molecule has 1 heterocycles. The molecule has 2 rings (SSSR count). The molecule has 0 saturated carbocycles. The van der Waals surface area contributed by atoms with Crippen LogP contribution in [0, 0.1) is 5.82 Å². The van der Waals surface area contributed by atoms with Gasteiger partial charge in [-0.25, -0.2) is 4.39 Å². The van der Waals surface area contributed by atoms with E-state index in [1.807, 2.05) is 0 Å². The highest BCUT2D eigenvalue weighted by atomic mass is 79.9. The third-order valence-corrected chi connectivity index (χ3v) is 4.54. The predicted octanol–water partition coefficient (Wildman–Crippen LogP) is 3.58. The van der Waals surface area contributed by atoms with E-state index >= 15 is 0 Å². The maximum absolute atomic E-state index is 13.2. The van der Waals surface area contributed by atoms with Crippen LogP contribution < -0.4 is 5.32 Å². The summed E-state index contributed by atoms with van der Waals surface area (Å²) in [5.74, 6) is -0.474. The van der Waals surface area contributed by atoms with Crippen LogP contribution in [0.5, 0.6) is 0 Å². The minimum atomic E-state index is -0.351. The molecule has 1 saturated heterocycles. The summed E-state index contributed by atoms with van der Waals surface area (Å²) in [5.41, 5.74) is 0.497. The van der Waals surface area contributed by atoms with E-state index in [-0.39, 0.29) is 17.8 Å². The maximum Gasteiger partial charge on any atom is 0.251 e. The van der Waals surface area contributed by atoms with Gasteiger partial charge in [-0.2, -0.15) is 0 Å². The Morgan fingerprint density at radius 3 is 2.76 bits per heavy atom. The fourth-order valence-corrected chi connectivity index (χ4v) is 2.97. The average Bonchev–Trinajstić information content (AvgIpc) is 2.49. The number of likely N-dealkylation sites (tertiary alicyclic amines) is 1. The Bertz CT molecular complexity index is 487. The minimum Gasteiger partial charge on any atom is -0.349 e. The van der Waals surface area contributed by atoms with E-state index in [2.05, 4.69) is 33.1 Å². The van der Waals surface area contributed by atoms with Gasteiger partial charge >= 0.3 is 0 Å². The monoisotopic (exact) mass is 356 g/mol. The summed E-state index contributed by atoms with van der Waals surface area (Å²) in [6.07, 6.45) is 4.42. The molecule has 5 heteroatoms. The molecule has 1 amide bonds. The highest BCUT2D eigenvalue weighted by molar-refractivity contribution is 9.10. The van der Waals surface area contributed by atoms with Crippen molar-refractivity contribution in [2.45, 2.75) is 38.6 Å². The van der Waals surface area contributed by atoms with Crippen molar-refractivity contribution in [3.63, 3.8) is 0 Å². The van der Waals surface area contributed by atoms with E-state index in [9.17, 15) is 9.18 Å². The molecule has 21 heavy (non-hydrogen) atoms. The zero-order chi connectivity index (χ0) is 15.2. The number of carbonyl (C=O) groups is 1. The first kappa shape index (κ1) is 16.4. The van der Waals surface area contributed by atoms with Gasteiger partial charge in [0.05, 0.1) is 4.47 Å². The topological polar surface area (TPSA) is 32.3 Å². The first-order valence-electron chi connectivity index (χ1n) is 7.58. The normalized spacial score (nSPS) is 16.9. The number of nitrogens with zero attached hydrogens (tertiary/aromatic N) is 1. The van der Waals surface area contributed by atoms with Crippen molar-refractivity contribution >= 4 is 21.8 Å². The molecule has 1 fully saturated rings. The first-order chi connectivity index (χ1) is 10.1. The molecule has 0 bridgehead atoms. The Morgan fingerprint density at radius 1 is 1.43 bits per heavy atom. The average molecular weight is 357 g/mol. The van der Waals surface area contributed by atoms with Crippen molar-refractivity contribution in [2.24, 2.45) is 0 Å². The molecule has 3 nitrogen and oxygen atoms in total. The lowest BCUT2D eigenvalue weighted by atomic mass is 10.0. The standard InChI is InChI=1S/C16H22BrFN2O/c1-2-3-8-20-9-6-13(7-10-20)19-16(21)12-4-5-15(18)14(17)11-12/h4-5,11,13H,2-3,6-10H2,1H3,(H,19,21). The Kier molecular flexibility index (Phi) is 6.18. The highest BCUT2D eigenvalue weighted by Gasteiger charge is 2.21. The van der Waals surface area contributed by atoms with Gasteiger partial charge in [-0.05, 0) is 59.9 Å². The predicted molar refractivity (Wildman–Crippen MR) is 85.9 cm³/mol. The maximum atomic E-state index is 13.2. The van der Waals surface area contributed by atoms with Crippen molar-refractivity contribution in [1.29, 1.82) is 0 Å². The fourth-order valence-electron chi connectivity index (χ4n) is 2.59. The number of hydrogen-bond donors (Lipinski definition) is 1. The quantitative estimate of drug-likeness (QED) is 0.874. The van der Waals surface area contributed by atoms with Gasteiger partial charge in [0.25, 0.3) is 5.91 Å². The van der Waals surface area contributed by atoms with E-state index < -0.39 is 0 Å². The second-order valence-corrected chi connectivity index (χ2v) is 6.43. The number of halogens is 2. The number of carbonyl (C=O) groups excluding carboxylic acids is 1. The second kappa shape index (κ2) is 7.90. The summed E-state index contributed by atoms with van der Waals surface area (Å²) in [4.78, 5) is 14.6. The van der Waals surface area contributed by atoms with E-state index in [1.165, 1.54) is 31.0 Å². The smallest absolute Gasteiger partial charge is 0.251 e. The van der Waals surface area contributed by atoms with E-state index in [0.29, 0.717) is 10.0 Å². The molecule has 1 aliphatic rings. The molecule has 116 valence electrons. The fraction of sp³-hybridized carbons (Fsp3) is 0.562. The second-order valence-electron chi connectivity index (χ2n) is 5.57. The number of nitrogens with one attached hydrogen (secondary N) is 1. The van der Waals surface area contributed by atoms with E-state index in [0.717, 1.165) is 32.5 Å². The molecule has 1 N–H and O–H groups in total. The number of benzene rings is 1. The number of rotatable bonds is 5. The summed E-state index contributed by atoms with van der Waals surface area (Å²) in [6.45, 7) is 5.44. The van der Waals surface area contributed by atoms with Crippen molar-refractivity contribution in [1.82, 2.24) is 10.2 Å². The van der Waals surface area contributed by atoms with Crippen molar-refractivity contribution < 1.29 is 9.18 Å². The lowest BCUT2D eigenvalue weighted by molar-refractivity contribution is 0.0910. The van der Waals surface area contributed by atoms with Gasteiger partial charge in [0.2, 0.25) is 0 Å². The summed E-state index contributed by atoms with van der Waals surface area (Å²) in [7, 11) is 0. The molecule has 1 aromatic rings. The van der Waals surface area contributed by atoms with Gasteiger partial charge in [0, 0.05) is 24.7 Å². The van der Waals surface area contributed by atoms with Crippen LogP contribution in [0.15, 0.2) is 22.7 Å². The van der Waals surface area contributed by atoms with Crippen LogP contribution in [0.2, 0.25) is 0 Å². The zero-order valence-electron chi connectivity index (χ0n) is 12.4. The Morgan fingerprint density at radius 2 is 2.14 bits per heavy atom. The summed E-state index contributed by atoms with van der Waals surface area (Å²) in [5, 5.41) is 3.05. The van der Waals surface area contributed by atoms with E-state index in [4.69, 9.17) is 0 Å². The number of piperidine rings is 1. The summed E-state index contributed by atoms with van der Waals surface area (Å²) < 4.78 is 13.5. The molecule has 0 radical (unpaired) electrons. The van der Waals surface area contributed by atoms with Crippen LogP contribution in [-0.2, 0) is 0 Å². The third kappa shape index (κ3) is 4.78. The molecule has 1 aromatic carbocycles. The number of unbranched alkanes of at least 4 members (excludes halogenated alkanes) is 1. The largest absolute Gasteiger partial charge is 0.349 e. The van der Waals surface area contributed by atoms with Gasteiger partial charge in [-0.1, -0.05) is 13.3 Å². The highest BCUT2D eigenvalue weighted by Crippen LogP contribution is 2.17. The first-order valence-corrected chi connectivity index (χ1v) is 8.37. The van der Waals surface area contributed by atoms with E-state index in [1.54, 1.807) is 0 Å². The van der Waals surface area contributed by atoms with Crippen LogP contribution >= 0.6 is 15.9 Å². The van der Waals surface area contributed by atoms with Crippen LogP contribution in [0.25, 0.3) is 0 Å². The SMILES string of the molecule is CCCCN1CCC(NC(=O)c2ccc(F)c(Br)c2)CC1. The Hall–Kier alpha value is -0.940. The van der Waals surface area contributed by atoms with Crippen molar-refractivity contribution in [2.75, 3.05) is 19.6 Å². The van der Waals surface area contributed by atoms with Crippen LogP contribution in [0.3, 0.4) is 0 Å². The molecule has 0 unspecified atom stereocenters. The molecule has 0 aromatic heterocycles. The third-order valence-electron chi connectivity index (χ3n) is 3.93. The minimum absolute atomic E-state index is 0.122. The molecular weight excluding hydrogens is 335 g/mol. The lowest BCUT2D eigenvalue weighted by Crippen LogP contribution is -2.44. The Balaban J connectivity index is 1.82. The van der Waals surface area contributed by atoms with Gasteiger partial charge < -0.3 is 10.2 Å². The van der Waals surface area contributed by atoms with Gasteiger partial charge in [0.1, 0.15) is 5.82 Å². The molecule has 0 aliphatic carbocycles. The van der Waals surface area contributed by atoms with Gasteiger partial charge in [-0.15, -0.1) is 0 Å². The molecular formula is C16H22BrFN2O. The van der Waals surface area contributed by atoms with Crippen molar-refractivity contribution in [3.8, 4) is 0 Å². The number of hydrogen-bond acceptors (Lipinski definition) is 2. The summed E-state index contributed by atoms with van der Waals surface area (Å²) >= 11 is 3.11. The zero-order valence-corrected chi connectivity index (χ0v) is 14.0. The molecule has 0 atom stereocenters. The lowest BCUT2D eigenvalue weighted by Gasteiger charge is -2.32. The Labute approximate surface area is 134 Å². The molecule has 1 aliphatic heterocycles. The van der Waals surface area contributed by atoms with Crippen LogP contribution in [0.4, 0.5) is 4.39 Å².